The molecule has 0 aliphatic heterocycles. The molecule has 0 radical (unpaired) electrons. The molecule has 0 spiro atoms. The van der Waals surface area contributed by atoms with Gasteiger partial charge in [-0.3, -0.25) is 9.59 Å². The zero-order chi connectivity index (χ0) is 18.4. The number of carbonyl (C=O) groups excluding carboxylic acids is 2. The van der Waals surface area contributed by atoms with E-state index in [2.05, 4.69) is 10.6 Å². The van der Waals surface area contributed by atoms with Gasteiger partial charge in [-0.05, 0) is 55.9 Å². The standard InChI is InChI=1S/C19H29N3O3.ClH/c1-12(2)17(19(24)21-15-8-6-14(20)7-9-15)22-18(23)13-4-10-16(25-3)11-5-13;/h4-5,10-12,14-15,17H,6-9,20H2,1-3H3,(H,21,24)(H,22,23);1H. The lowest BCUT2D eigenvalue weighted by Gasteiger charge is -2.29. The first-order valence-corrected chi connectivity index (χ1v) is 8.91. The van der Waals surface area contributed by atoms with Crippen LogP contribution in [-0.2, 0) is 4.79 Å². The lowest BCUT2D eigenvalue weighted by atomic mass is 9.91. The Kier molecular flexibility index (Phi) is 8.88. The second-order valence-electron chi connectivity index (χ2n) is 7.04. The number of hydrogen-bond acceptors (Lipinski definition) is 4. The van der Waals surface area contributed by atoms with Crippen molar-refractivity contribution in [3.05, 3.63) is 29.8 Å². The van der Waals surface area contributed by atoms with E-state index < -0.39 is 6.04 Å². The lowest BCUT2D eigenvalue weighted by molar-refractivity contribution is -0.124. The topological polar surface area (TPSA) is 93.4 Å². The first kappa shape index (κ1) is 22.3. The first-order valence-electron chi connectivity index (χ1n) is 8.91. The van der Waals surface area contributed by atoms with Gasteiger partial charge in [0.15, 0.2) is 0 Å². The van der Waals surface area contributed by atoms with Gasteiger partial charge in [-0.1, -0.05) is 13.8 Å². The number of nitrogens with two attached hydrogens (primary N) is 1. The largest absolute Gasteiger partial charge is 0.497 e. The number of benzene rings is 1. The number of methoxy groups -OCH3 is 1. The van der Waals surface area contributed by atoms with E-state index in [-0.39, 0.29) is 42.2 Å². The van der Waals surface area contributed by atoms with Crippen molar-refractivity contribution in [2.45, 2.75) is 57.7 Å². The molecule has 1 aliphatic carbocycles. The fourth-order valence-corrected chi connectivity index (χ4v) is 3.06. The molecule has 1 aliphatic rings. The molecule has 0 bridgehead atoms. The molecule has 1 atom stereocenters. The summed E-state index contributed by atoms with van der Waals surface area (Å²) in [7, 11) is 1.58. The van der Waals surface area contributed by atoms with Crippen LogP contribution in [0, 0.1) is 5.92 Å². The highest BCUT2D eigenvalue weighted by Crippen LogP contribution is 2.18. The van der Waals surface area contributed by atoms with Crippen LogP contribution in [0.25, 0.3) is 0 Å². The Morgan fingerprint density at radius 1 is 1.12 bits per heavy atom. The van der Waals surface area contributed by atoms with E-state index in [1.165, 1.54) is 0 Å². The number of amides is 2. The highest BCUT2D eigenvalue weighted by Gasteiger charge is 2.28. The van der Waals surface area contributed by atoms with Gasteiger partial charge in [-0.25, -0.2) is 0 Å². The smallest absolute Gasteiger partial charge is 0.251 e. The molecule has 6 nitrogen and oxygen atoms in total. The van der Waals surface area contributed by atoms with Crippen molar-refractivity contribution in [3.63, 3.8) is 0 Å². The third-order valence-electron chi connectivity index (χ3n) is 4.71. The minimum absolute atomic E-state index is 0. The number of ether oxygens (including phenoxy) is 1. The summed E-state index contributed by atoms with van der Waals surface area (Å²) < 4.78 is 5.09. The molecule has 0 heterocycles. The Morgan fingerprint density at radius 2 is 1.69 bits per heavy atom. The van der Waals surface area contributed by atoms with Gasteiger partial charge in [0.1, 0.15) is 11.8 Å². The van der Waals surface area contributed by atoms with Crippen LogP contribution in [-0.4, -0.2) is 37.0 Å². The molecule has 146 valence electrons. The second-order valence-corrected chi connectivity index (χ2v) is 7.04. The van der Waals surface area contributed by atoms with Crippen LogP contribution in [0.4, 0.5) is 0 Å². The van der Waals surface area contributed by atoms with Gasteiger partial charge in [0.2, 0.25) is 5.91 Å². The highest BCUT2D eigenvalue weighted by molar-refractivity contribution is 5.97. The maximum Gasteiger partial charge on any atom is 0.251 e. The van der Waals surface area contributed by atoms with Crippen LogP contribution in [0.3, 0.4) is 0 Å². The number of hydrogen-bond donors (Lipinski definition) is 3. The minimum Gasteiger partial charge on any atom is -0.497 e. The summed E-state index contributed by atoms with van der Waals surface area (Å²) in [5, 5.41) is 5.92. The molecule has 2 rings (SSSR count). The van der Waals surface area contributed by atoms with Crippen molar-refractivity contribution in [2.24, 2.45) is 11.7 Å². The Balaban J connectivity index is 0.00000338. The van der Waals surface area contributed by atoms with E-state index in [0.29, 0.717) is 11.3 Å². The summed E-state index contributed by atoms with van der Waals surface area (Å²) in [4.78, 5) is 25.1. The third kappa shape index (κ3) is 6.18. The molecule has 0 aromatic heterocycles. The molecule has 1 aromatic carbocycles. The van der Waals surface area contributed by atoms with Crippen LogP contribution < -0.4 is 21.1 Å². The average molecular weight is 384 g/mol. The predicted molar refractivity (Wildman–Crippen MR) is 105 cm³/mol. The average Bonchev–Trinajstić information content (AvgIpc) is 2.61. The summed E-state index contributed by atoms with van der Waals surface area (Å²) in [6.45, 7) is 3.85. The first-order chi connectivity index (χ1) is 11.9. The molecular formula is C19H30ClN3O3. The fraction of sp³-hybridized carbons (Fsp3) is 0.579. The Bertz CT molecular complexity index is 584. The zero-order valence-electron chi connectivity index (χ0n) is 15.7. The van der Waals surface area contributed by atoms with Crippen molar-refractivity contribution in [1.29, 1.82) is 0 Å². The number of nitrogens with one attached hydrogen (secondary N) is 2. The van der Waals surface area contributed by atoms with E-state index in [4.69, 9.17) is 10.5 Å². The van der Waals surface area contributed by atoms with Crippen molar-refractivity contribution in [1.82, 2.24) is 10.6 Å². The van der Waals surface area contributed by atoms with Crippen molar-refractivity contribution in [2.75, 3.05) is 7.11 Å². The normalized spacial score (nSPS) is 20.7. The van der Waals surface area contributed by atoms with Crippen LogP contribution in [0.1, 0.15) is 49.9 Å². The summed E-state index contributed by atoms with van der Waals surface area (Å²) in [5.41, 5.74) is 6.41. The molecule has 1 saturated carbocycles. The Hall–Kier alpha value is -1.79. The molecule has 4 N–H and O–H groups in total. The number of halogens is 1. The van der Waals surface area contributed by atoms with E-state index in [0.717, 1.165) is 25.7 Å². The van der Waals surface area contributed by atoms with E-state index >= 15 is 0 Å². The Morgan fingerprint density at radius 3 is 2.19 bits per heavy atom. The van der Waals surface area contributed by atoms with Crippen LogP contribution >= 0.6 is 12.4 Å². The van der Waals surface area contributed by atoms with Gasteiger partial charge in [0.05, 0.1) is 7.11 Å². The summed E-state index contributed by atoms with van der Waals surface area (Å²) in [6, 6.07) is 6.65. The van der Waals surface area contributed by atoms with Gasteiger partial charge in [-0.15, -0.1) is 12.4 Å². The lowest BCUT2D eigenvalue weighted by Crippen LogP contribution is -2.53. The van der Waals surface area contributed by atoms with Crippen LogP contribution in [0.15, 0.2) is 24.3 Å². The van der Waals surface area contributed by atoms with Crippen molar-refractivity contribution < 1.29 is 14.3 Å². The monoisotopic (exact) mass is 383 g/mol. The summed E-state index contributed by atoms with van der Waals surface area (Å²) in [6.07, 6.45) is 3.64. The van der Waals surface area contributed by atoms with Gasteiger partial charge < -0.3 is 21.1 Å². The molecular weight excluding hydrogens is 354 g/mol. The second kappa shape index (κ2) is 10.4. The van der Waals surface area contributed by atoms with Gasteiger partial charge in [0, 0.05) is 17.6 Å². The maximum absolute atomic E-state index is 12.6. The minimum atomic E-state index is -0.565. The van der Waals surface area contributed by atoms with E-state index in [9.17, 15) is 9.59 Å². The maximum atomic E-state index is 12.6. The fourth-order valence-electron chi connectivity index (χ4n) is 3.06. The molecule has 1 fully saturated rings. The van der Waals surface area contributed by atoms with Crippen molar-refractivity contribution in [3.8, 4) is 5.75 Å². The zero-order valence-corrected chi connectivity index (χ0v) is 16.5. The molecule has 7 heteroatoms. The van der Waals surface area contributed by atoms with Gasteiger partial charge in [0.25, 0.3) is 5.91 Å². The SMILES string of the molecule is COc1ccc(C(=O)NC(C(=O)NC2CCC(N)CC2)C(C)C)cc1.Cl. The van der Waals surface area contributed by atoms with Crippen molar-refractivity contribution >= 4 is 24.2 Å². The third-order valence-corrected chi connectivity index (χ3v) is 4.71. The van der Waals surface area contributed by atoms with Gasteiger partial charge >= 0.3 is 0 Å². The highest BCUT2D eigenvalue weighted by atomic mass is 35.5. The molecule has 1 unspecified atom stereocenters. The molecule has 2 amide bonds. The Labute approximate surface area is 161 Å². The number of rotatable bonds is 6. The van der Waals surface area contributed by atoms with Crippen LogP contribution in [0.5, 0.6) is 5.75 Å². The van der Waals surface area contributed by atoms with Crippen LogP contribution in [0.2, 0.25) is 0 Å². The summed E-state index contributed by atoms with van der Waals surface area (Å²) >= 11 is 0. The quantitative estimate of drug-likeness (QED) is 0.702. The predicted octanol–water partition coefficient (Wildman–Crippen LogP) is 2.26. The molecule has 1 aromatic rings. The van der Waals surface area contributed by atoms with E-state index in [1.54, 1.807) is 31.4 Å². The van der Waals surface area contributed by atoms with E-state index in [1.807, 2.05) is 13.8 Å². The summed E-state index contributed by atoms with van der Waals surface area (Å²) in [5.74, 6) is 0.290. The molecule has 0 saturated heterocycles. The molecule has 26 heavy (non-hydrogen) atoms. The number of carbonyl (C=O) groups is 2. The van der Waals surface area contributed by atoms with Gasteiger partial charge in [-0.2, -0.15) is 0 Å².